The van der Waals surface area contributed by atoms with Gasteiger partial charge in [-0.15, -0.1) is 12.8 Å². The molecular formula is C22H34Cl2Zr. The maximum Gasteiger partial charge on any atom is 4.00 e. The van der Waals surface area contributed by atoms with Crippen LogP contribution in [0.15, 0.2) is 33.4 Å². The van der Waals surface area contributed by atoms with E-state index in [1.54, 1.807) is 11.1 Å². The van der Waals surface area contributed by atoms with Crippen LogP contribution in [0.25, 0.3) is 0 Å². The molecule has 0 heterocycles. The number of halogens is 2. The van der Waals surface area contributed by atoms with Crippen LogP contribution in [-0.2, 0) is 26.2 Å². The predicted octanol–water partition coefficient (Wildman–Crippen LogP) is 1.30. The molecule has 0 amide bonds. The molecule has 0 spiro atoms. The molecule has 3 heteroatoms. The Labute approximate surface area is 188 Å². The van der Waals surface area contributed by atoms with Gasteiger partial charge in [0.25, 0.3) is 0 Å². The fourth-order valence-corrected chi connectivity index (χ4v) is 3.20. The first-order valence-corrected chi connectivity index (χ1v) is 9.28. The largest absolute Gasteiger partial charge is 4.00 e. The number of hydrogen-bond acceptors (Lipinski definition) is 0. The second-order valence-electron chi connectivity index (χ2n) is 6.10. The molecule has 0 aromatic heterocycles. The van der Waals surface area contributed by atoms with Gasteiger partial charge in [-0.05, 0) is 0 Å². The van der Waals surface area contributed by atoms with Crippen LogP contribution in [0.2, 0.25) is 0 Å². The third-order valence-electron chi connectivity index (χ3n) is 4.78. The molecule has 2 aliphatic carbocycles. The third-order valence-corrected chi connectivity index (χ3v) is 4.78. The molecule has 140 valence electrons. The molecule has 2 aliphatic rings. The normalized spacial score (nSPS) is 15.4. The molecule has 0 atom stereocenters. The summed E-state index contributed by atoms with van der Waals surface area (Å²) in [6, 6.07) is 0. The minimum atomic E-state index is 0. The summed E-state index contributed by atoms with van der Waals surface area (Å²) in [4.78, 5) is 0. The van der Waals surface area contributed by atoms with Crippen LogP contribution in [0, 0.1) is 12.2 Å². The van der Waals surface area contributed by atoms with Gasteiger partial charge in [0.15, 0.2) is 0 Å². The van der Waals surface area contributed by atoms with Crippen LogP contribution >= 0.6 is 0 Å². The van der Waals surface area contributed by atoms with E-state index in [4.69, 9.17) is 0 Å². The fraction of sp³-hybridized carbons (Fsp3) is 0.636. The van der Waals surface area contributed by atoms with Crippen LogP contribution in [0.1, 0.15) is 92.9 Å². The van der Waals surface area contributed by atoms with Gasteiger partial charge in [0.2, 0.25) is 0 Å². The summed E-state index contributed by atoms with van der Waals surface area (Å²) in [5.74, 6) is 0. The van der Waals surface area contributed by atoms with Crippen molar-refractivity contribution in [3.63, 3.8) is 0 Å². The van der Waals surface area contributed by atoms with Gasteiger partial charge in [-0.2, -0.15) is 11.1 Å². The van der Waals surface area contributed by atoms with Gasteiger partial charge >= 0.3 is 26.2 Å². The second-order valence-corrected chi connectivity index (χ2v) is 6.10. The van der Waals surface area contributed by atoms with Crippen molar-refractivity contribution in [2.75, 3.05) is 0 Å². The summed E-state index contributed by atoms with van der Waals surface area (Å²) < 4.78 is 0. The van der Waals surface area contributed by atoms with Crippen LogP contribution in [0.4, 0.5) is 0 Å². The molecular weight excluding hydrogens is 426 g/mol. The average molecular weight is 461 g/mol. The van der Waals surface area contributed by atoms with Crippen molar-refractivity contribution in [3.8, 4) is 0 Å². The number of allylic oxidation sites excluding steroid dienone is 8. The third kappa shape index (κ3) is 9.26. The summed E-state index contributed by atoms with van der Waals surface area (Å²) in [5.41, 5.74) is 9.18. The van der Waals surface area contributed by atoms with E-state index in [2.05, 4.69) is 53.7 Å². The monoisotopic (exact) mass is 458 g/mol. The molecule has 0 aliphatic heterocycles. The van der Waals surface area contributed by atoms with Gasteiger partial charge in [-0.1, -0.05) is 80.1 Å². The van der Waals surface area contributed by atoms with Gasteiger partial charge < -0.3 is 24.8 Å². The smallest absolute Gasteiger partial charge is 1.00 e. The quantitative estimate of drug-likeness (QED) is 0.525. The van der Waals surface area contributed by atoms with Crippen LogP contribution in [0.5, 0.6) is 0 Å². The van der Waals surface area contributed by atoms with Crippen molar-refractivity contribution in [3.05, 3.63) is 45.6 Å². The molecule has 0 N–H and O–H groups in total. The van der Waals surface area contributed by atoms with Gasteiger partial charge in [0.05, 0.1) is 0 Å². The van der Waals surface area contributed by atoms with Crippen molar-refractivity contribution in [2.45, 2.75) is 92.9 Å². The van der Waals surface area contributed by atoms with E-state index in [0.29, 0.717) is 0 Å². The molecule has 0 bridgehead atoms. The number of rotatable bonds is 6. The first-order valence-electron chi connectivity index (χ1n) is 9.28. The predicted molar refractivity (Wildman–Crippen MR) is 98.5 cm³/mol. The molecule has 0 nitrogen and oxygen atoms in total. The Morgan fingerprint density at radius 1 is 0.560 bits per heavy atom. The Morgan fingerprint density at radius 2 is 0.880 bits per heavy atom. The standard InChI is InChI=1S/2C11H17.2ClH.Zr/c2*1-4-9-7-10(5-2)11(6-3)8-9;;;/h2*4-7H2,1-3H3;2*1H;/q2*-1;;;+4/p-2. The maximum absolute atomic E-state index is 3.49. The van der Waals surface area contributed by atoms with Crippen molar-refractivity contribution < 1.29 is 51.0 Å². The molecule has 0 aromatic carbocycles. The summed E-state index contributed by atoms with van der Waals surface area (Å²) in [6.07, 6.45) is 16.5. The molecule has 0 saturated carbocycles. The zero-order valence-electron chi connectivity index (χ0n) is 16.9. The zero-order chi connectivity index (χ0) is 16.5. The molecule has 0 unspecified atom stereocenters. The molecule has 0 fully saturated rings. The minimum Gasteiger partial charge on any atom is -1.00 e. The van der Waals surface area contributed by atoms with Crippen LogP contribution in [0.3, 0.4) is 0 Å². The van der Waals surface area contributed by atoms with E-state index in [1.165, 1.54) is 60.8 Å². The topological polar surface area (TPSA) is 0 Å². The van der Waals surface area contributed by atoms with Crippen LogP contribution < -0.4 is 24.8 Å². The molecule has 0 aromatic rings. The van der Waals surface area contributed by atoms with Crippen molar-refractivity contribution in [2.24, 2.45) is 0 Å². The summed E-state index contributed by atoms with van der Waals surface area (Å²) in [7, 11) is 0. The Bertz CT molecular complexity index is 450. The molecule has 0 radical (unpaired) electrons. The average Bonchev–Trinajstić information content (AvgIpc) is 3.17. The molecule has 0 saturated heterocycles. The van der Waals surface area contributed by atoms with E-state index in [0.717, 1.165) is 12.8 Å². The summed E-state index contributed by atoms with van der Waals surface area (Å²) in [5, 5.41) is 0. The van der Waals surface area contributed by atoms with Crippen molar-refractivity contribution >= 4 is 0 Å². The first-order chi connectivity index (χ1) is 10.6. The first kappa shape index (κ1) is 30.2. The zero-order valence-corrected chi connectivity index (χ0v) is 20.9. The van der Waals surface area contributed by atoms with E-state index in [-0.39, 0.29) is 51.0 Å². The summed E-state index contributed by atoms with van der Waals surface area (Å²) in [6.45, 7) is 13.4. The molecule has 25 heavy (non-hydrogen) atoms. The Morgan fingerprint density at radius 3 is 1.04 bits per heavy atom. The maximum atomic E-state index is 3.49. The Kier molecular flexibility index (Phi) is 20.0. The van der Waals surface area contributed by atoms with Gasteiger partial charge in [-0.25, -0.2) is 34.4 Å². The number of hydrogen-bond donors (Lipinski definition) is 0. The Hall–Kier alpha value is 0.423. The van der Waals surface area contributed by atoms with E-state index in [9.17, 15) is 0 Å². The molecule has 2 rings (SSSR count). The second kappa shape index (κ2) is 16.6. The van der Waals surface area contributed by atoms with E-state index < -0.39 is 0 Å². The van der Waals surface area contributed by atoms with E-state index >= 15 is 0 Å². The van der Waals surface area contributed by atoms with Gasteiger partial charge in [-0.3, -0.25) is 0 Å². The SMILES string of the molecule is CCC1=[C-]C(CC)=C(CC)C1.CCC1=[C-]C(CC)=C(CC)C1.[Cl-].[Cl-].[Zr+4]. The Balaban J connectivity index is -0.000000346. The van der Waals surface area contributed by atoms with E-state index in [1.807, 2.05) is 0 Å². The van der Waals surface area contributed by atoms with Gasteiger partial charge in [0, 0.05) is 0 Å². The van der Waals surface area contributed by atoms with Gasteiger partial charge in [0.1, 0.15) is 0 Å². The minimum absolute atomic E-state index is 0. The van der Waals surface area contributed by atoms with Crippen LogP contribution in [-0.4, -0.2) is 0 Å². The fourth-order valence-electron chi connectivity index (χ4n) is 3.20. The van der Waals surface area contributed by atoms with Crippen molar-refractivity contribution in [1.82, 2.24) is 0 Å². The summed E-state index contributed by atoms with van der Waals surface area (Å²) >= 11 is 0. The van der Waals surface area contributed by atoms with Crippen molar-refractivity contribution in [1.29, 1.82) is 0 Å².